The van der Waals surface area contributed by atoms with Gasteiger partial charge in [-0.05, 0) is 32.7 Å². The SMILES string of the molecule is CCOCC(O)CN(C)C1CCCC(C)C1. The van der Waals surface area contributed by atoms with Gasteiger partial charge >= 0.3 is 0 Å². The molecule has 1 N–H and O–H groups in total. The van der Waals surface area contributed by atoms with Gasteiger partial charge in [-0.25, -0.2) is 0 Å². The molecule has 3 nitrogen and oxygen atoms in total. The van der Waals surface area contributed by atoms with E-state index >= 15 is 0 Å². The van der Waals surface area contributed by atoms with E-state index in [1.165, 1.54) is 25.7 Å². The van der Waals surface area contributed by atoms with Gasteiger partial charge in [0, 0.05) is 19.2 Å². The number of hydrogen-bond acceptors (Lipinski definition) is 3. The molecule has 3 heteroatoms. The third-order valence-electron chi connectivity index (χ3n) is 3.55. The van der Waals surface area contributed by atoms with Crippen molar-refractivity contribution in [1.29, 1.82) is 0 Å². The van der Waals surface area contributed by atoms with Crippen molar-refractivity contribution in [1.82, 2.24) is 4.90 Å². The molecule has 1 fully saturated rings. The van der Waals surface area contributed by atoms with Crippen molar-refractivity contribution >= 4 is 0 Å². The molecule has 96 valence electrons. The van der Waals surface area contributed by atoms with Crippen LogP contribution in [-0.4, -0.2) is 49.0 Å². The molecule has 0 heterocycles. The molecular weight excluding hydrogens is 202 g/mol. The first-order valence-corrected chi connectivity index (χ1v) is 6.59. The van der Waals surface area contributed by atoms with Gasteiger partial charge in [0.05, 0.1) is 12.7 Å². The molecule has 0 aromatic carbocycles. The highest BCUT2D eigenvalue weighted by molar-refractivity contribution is 4.78. The summed E-state index contributed by atoms with van der Waals surface area (Å²) in [6.07, 6.45) is 4.91. The summed E-state index contributed by atoms with van der Waals surface area (Å²) in [5.74, 6) is 0.838. The highest BCUT2D eigenvalue weighted by Crippen LogP contribution is 2.26. The maximum Gasteiger partial charge on any atom is 0.0900 e. The largest absolute Gasteiger partial charge is 0.389 e. The zero-order valence-electron chi connectivity index (χ0n) is 11.0. The standard InChI is InChI=1S/C13H27NO2/c1-4-16-10-13(15)9-14(3)12-7-5-6-11(2)8-12/h11-13,15H,4-10H2,1-3H3. The van der Waals surface area contributed by atoms with Crippen molar-refractivity contribution in [3.05, 3.63) is 0 Å². The van der Waals surface area contributed by atoms with E-state index in [2.05, 4.69) is 18.9 Å². The molecule has 16 heavy (non-hydrogen) atoms. The Labute approximate surface area is 99.8 Å². The lowest BCUT2D eigenvalue weighted by molar-refractivity contribution is 0.0131. The lowest BCUT2D eigenvalue weighted by atomic mass is 9.86. The molecule has 0 aromatic rings. The predicted octanol–water partition coefficient (Wildman–Crippen LogP) is 1.89. The summed E-state index contributed by atoms with van der Waals surface area (Å²) in [6, 6.07) is 0.653. The average molecular weight is 229 g/mol. The average Bonchev–Trinajstić information content (AvgIpc) is 2.26. The van der Waals surface area contributed by atoms with Crippen LogP contribution in [0.1, 0.15) is 39.5 Å². The number of nitrogens with zero attached hydrogens (tertiary/aromatic N) is 1. The van der Waals surface area contributed by atoms with Crippen LogP contribution in [0.25, 0.3) is 0 Å². The van der Waals surface area contributed by atoms with Crippen LogP contribution < -0.4 is 0 Å². The van der Waals surface area contributed by atoms with E-state index in [9.17, 15) is 5.11 Å². The minimum absolute atomic E-state index is 0.345. The van der Waals surface area contributed by atoms with Gasteiger partial charge in [0.2, 0.25) is 0 Å². The summed E-state index contributed by atoms with van der Waals surface area (Å²) in [6.45, 7) is 6.16. The third kappa shape index (κ3) is 4.81. The Bertz CT molecular complexity index is 187. The van der Waals surface area contributed by atoms with Crippen LogP contribution in [0, 0.1) is 5.92 Å². The third-order valence-corrected chi connectivity index (χ3v) is 3.55. The van der Waals surface area contributed by atoms with Gasteiger partial charge in [-0.1, -0.05) is 19.8 Å². The van der Waals surface area contributed by atoms with Gasteiger partial charge in [0.1, 0.15) is 0 Å². The van der Waals surface area contributed by atoms with Crippen molar-refractivity contribution in [3.8, 4) is 0 Å². The smallest absolute Gasteiger partial charge is 0.0900 e. The fourth-order valence-electron chi connectivity index (χ4n) is 2.59. The zero-order chi connectivity index (χ0) is 12.0. The molecule has 0 aliphatic heterocycles. The maximum atomic E-state index is 9.78. The Balaban J connectivity index is 2.24. The molecule has 1 aliphatic carbocycles. The Morgan fingerprint density at radius 3 is 2.81 bits per heavy atom. The van der Waals surface area contributed by atoms with E-state index in [-0.39, 0.29) is 6.10 Å². The second-order valence-corrected chi connectivity index (χ2v) is 5.18. The van der Waals surface area contributed by atoms with Crippen LogP contribution in [-0.2, 0) is 4.74 Å². The predicted molar refractivity (Wildman–Crippen MR) is 66.5 cm³/mol. The summed E-state index contributed by atoms with van der Waals surface area (Å²) in [7, 11) is 2.12. The fourth-order valence-corrected chi connectivity index (χ4v) is 2.59. The van der Waals surface area contributed by atoms with Crippen LogP contribution in [0.3, 0.4) is 0 Å². The van der Waals surface area contributed by atoms with Crippen molar-refractivity contribution < 1.29 is 9.84 Å². The molecule has 0 bridgehead atoms. The lowest BCUT2D eigenvalue weighted by Gasteiger charge is -2.35. The molecule has 0 radical (unpaired) electrons. The van der Waals surface area contributed by atoms with E-state index in [1.807, 2.05) is 6.92 Å². The topological polar surface area (TPSA) is 32.7 Å². The minimum atomic E-state index is -0.345. The van der Waals surface area contributed by atoms with Crippen molar-refractivity contribution in [2.45, 2.75) is 51.7 Å². The molecule has 1 aliphatic rings. The Morgan fingerprint density at radius 1 is 1.44 bits per heavy atom. The number of aliphatic hydroxyl groups excluding tert-OH is 1. The molecule has 0 amide bonds. The fraction of sp³-hybridized carbons (Fsp3) is 1.00. The number of rotatable bonds is 6. The van der Waals surface area contributed by atoms with Crippen LogP contribution >= 0.6 is 0 Å². The first kappa shape index (κ1) is 13.9. The second-order valence-electron chi connectivity index (χ2n) is 5.18. The summed E-state index contributed by atoms with van der Waals surface area (Å²) in [5.41, 5.74) is 0. The molecule has 3 unspecified atom stereocenters. The number of likely N-dealkylation sites (N-methyl/N-ethyl adjacent to an activating group) is 1. The van der Waals surface area contributed by atoms with Gasteiger partial charge in [-0.2, -0.15) is 0 Å². The molecule has 1 saturated carbocycles. The van der Waals surface area contributed by atoms with Gasteiger partial charge in [0.25, 0.3) is 0 Å². The Morgan fingerprint density at radius 2 is 2.19 bits per heavy atom. The minimum Gasteiger partial charge on any atom is -0.389 e. The van der Waals surface area contributed by atoms with Crippen molar-refractivity contribution in [2.75, 3.05) is 26.8 Å². The summed E-state index contributed by atoms with van der Waals surface area (Å²) in [5, 5.41) is 9.78. The van der Waals surface area contributed by atoms with Gasteiger partial charge in [-0.15, -0.1) is 0 Å². The summed E-state index contributed by atoms with van der Waals surface area (Å²) in [4.78, 5) is 2.30. The summed E-state index contributed by atoms with van der Waals surface area (Å²) < 4.78 is 5.23. The highest BCUT2D eigenvalue weighted by atomic mass is 16.5. The lowest BCUT2D eigenvalue weighted by Crippen LogP contribution is -2.41. The van der Waals surface area contributed by atoms with Gasteiger partial charge in [0.15, 0.2) is 0 Å². The Kier molecular flexibility index (Phi) is 6.32. The van der Waals surface area contributed by atoms with E-state index in [4.69, 9.17) is 4.74 Å². The van der Waals surface area contributed by atoms with E-state index < -0.39 is 0 Å². The first-order chi connectivity index (χ1) is 7.63. The quantitative estimate of drug-likeness (QED) is 0.755. The van der Waals surface area contributed by atoms with Gasteiger partial charge in [-0.3, -0.25) is 0 Å². The highest BCUT2D eigenvalue weighted by Gasteiger charge is 2.23. The van der Waals surface area contributed by atoms with E-state index in [0.717, 1.165) is 12.5 Å². The van der Waals surface area contributed by atoms with Crippen LogP contribution in [0.2, 0.25) is 0 Å². The maximum absolute atomic E-state index is 9.78. The zero-order valence-corrected chi connectivity index (χ0v) is 11.0. The van der Waals surface area contributed by atoms with Crippen LogP contribution in [0.15, 0.2) is 0 Å². The van der Waals surface area contributed by atoms with Crippen LogP contribution in [0.5, 0.6) is 0 Å². The summed E-state index contributed by atoms with van der Waals surface area (Å²) >= 11 is 0. The normalized spacial score (nSPS) is 28.3. The second kappa shape index (κ2) is 7.25. The van der Waals surface area contributed by atoms with E-state index in [0.29, 0.717) is 19.3 Å². The number of aliphatic hydroxyl groups is 1. The van der Waals surface area contributed by atoms with Crippen molar-refractivity contribution in [3.63, 3.8) is 0 Å². The van der Waals surface area contributed by atoms with Crippen molar-refractivity contribution in [2.24, 2.45) is 5.92 Å². The van der Waals surface area contributed by atoms with Crippen LogP contribution in [0.4, 0.5) is 0 Å². The van der Waals surface area contributed by atoms with Gasteiger partial charge < -0.3 is 14.7 Å². The van der Waals surface area contributed by atoms with E-state index in [1.54, 1.807) is 0 Å². The number of ether oxygens (including phenoxy) is 1. The molecular formula is C13H27NO2. The first-order valence-electron chi connectivity index (χ1n) is 6.59. The molecule has 0 spiro atoms. The Hall–Kier alpha value is -0.120. The molecule has 0 aromatic heterocycles. The monoisotopic (exact) mass is 229 g/mol. The molecule has 3 atom stereocenters. The molecule has 1 rings (SSSR count). The number of hydrogen-bond donors (Lipinski definition) is 1. The molecule has 0 saturated heterocycles.